The van der Waals surface area contributed by atoms with Crippen molar-refractivity contribution < 1.29 is 14.3 Å². The van der Waals surface area contributed by atoms with Crippen LogP contribution < -0.4 is 14.8 Å². The lowest BCUT2D eigenvalue weighted by Gasteiger charge is -2.18. The van der Waals surface area contributed by atoms with E-state index in [0.717, 1.165) is 22.6 Å². The van der Waals surface area contributed by atoms with Crippen molar-refractivity contribution in [2.24, 2.45) is 0 Å². The number of carbonyl (C=O) groups is 1. The van der Waals surface area contributed by atoms with E-state index in [9.17, 15) is 4.79 Å². The molecule has 0 fully saturated rings. The highest BCUT2D eigenvalue weighted by Crippen LogP contribution is 2.37. The molecule has 0 radical (unpaired) electrons. The molecule has 1 amide bonds. The first-order chi connectivity index (χ1) is 13.3. The van der Waals surface area contributed by atoms with E-state index in [4.69, 9.17) is 9.47 Å². The summed E-state index contributed by atoms with van der Waals surface area (Å²) in [4.78, 5) is 12.6. The number of aromatic nitrogens is 2. The summed E-state index contributed by atoms with van der Waals surface area (Å²) in [6, 6.07) is 17.8. The molecule has 4 rings (SSSR count). The number of amides is 1. The first-order valence-corrected chi connectivity index (χ1v) is 8.98. The van der Waals surface area contributed by atoms with Crippen molar-refractivity contribution >= 4 is 5.91 Å². The maximum absolute atomic E-state index is 12.6. The number of benzene rings is 2. The molecule has 1 aliphatic heterocycles. The number of hydrogen-bond donors (Lipinski definition) is 1. The summed E-state index contributed by atoms with van der Waals surface area (Å²) < 4.78 is 12.7. The Morgan fingerprint density at radius 1 is 1.07 bits per heavy atom. The maximum Gasteiger partial charge on any atom is 0.231 e. The fraction of sp³-hybridized carbons (Fsp3) is 0.238. The summed E-state index contributed by atoms with van der Waals surface area (Å²) in [5.41, 5.74) is 2.13. The van der Waals surface area contributed by atoms with E-state index in [2.05, 4.69) is 10.4 Å². The number of fused-ring (bicyclic) bond motifs is 1. The number of nitrogens with one attached hydrogen (secondary N) is 1. The van der Waals surface area contributed by atoms with Gasteiger partial charge in [0.05, 0.1) is 6.54 Å². The molecule has 1 aliphatic rings. The van der Waals surface area contributed by atoms with Crippen molar-refractivity contribution in [3.63, 3.8) is 0 Å². The van der Waals surface area contributed by atoms with Crippen LogP contribution in [0.1, 0.15) is 23.5 Å². The van der Waals surface area contributed by atoms with Gasteiger partial charge in [-0.15, -0.1) is 0 Å². The Hall–Kier alpha value is -3.28. The van der Waals surface area contributed by atoms with Crippen LogP contribution in [-0.2, 0) is 11.3 Å². The molecule has 138 valence electrons. The Morgan fingerprint density at radius 2 is 1.93 bits per heavy atom. The predicted octanol–water partition coefficient (Wildman–Crippen LogP) is 2.95. The first-order valence-electron chi connectivity index (χ1n) is 8.98. The lowest BCUT2D eigenvalue weighted by Crippen LogP contribution is -2.28. The molecule has 1 aromatic heterocycles. The second-order valence-electron chi connectivity index (χ2n) is 6.40. The van der Waals surface area contributed by atoms with Gasteiger partial charge in [-0.25, -0.2) is 0 Å². The van der Waals surface area contributed by atoms with Crippen LogP contribution in [0.25, 0.3) is 0 Å². The van der Waals surface area contributed by atoms with Crippen LogP contribution in [0.3, 0.4) is 0 Å². The Balaban J connectivity index is 1.47. The smallest absolute Gasteiger partial charge is 0.231 e. The SMILES string of the molecule is O=C(C[C@@H](c1ccccc1)c1ccc2c(c1)OCO2)NCCn1cccn1. The molecule has 0 saturated heterocycles. The van der Waals surface area contributed by atoms with Crippen LogP contribution in [0.15, 0.2) is 67.0 Å². The van der Waals surface area contributed by atoms with Gasteiger partial charge in [0.2, 0.25) is 12.7 Å². The van der Waals surface area contributed by atoms with Gasteiger partial charge in [-0.1, -0.05) is 36.4 Å². The highest BCUT2D eigenvalue weighted by atomic mass is 16.7. The third-order valence-electron chi connectivity index (χ3n) is 4.61. The highest BCUT2D eigenvalue weighted by molar-refractivity contribution is 5.77. The highest BCUT2D eigenvalue weighted by Gasteiger charge is 2.21. The van der Waals surface area contributed by atoms with Crippen molar-refractivity contribution in [3.05, 3.63) is 78.1 Å². The van der Waals surface area contributed by atoms with Crippen molar-refractivity contribution in [2.45, 2.75) is 18.9 Å². The van der Waals surface area contributed by atoms with Crippen LogP contribution in [-0.4, -0.2) is 29.0 Å². The Kier molecular flexibility index (Phi) is 5.05. The summed E-state index contributed by atoms with van der Waals surface area (Å²) in [5.74, 6) is 1.43. The summed E-state index contributed by atoms with van der Waals surface area (Å²) in [5, 5.41) is 7.13. The molecule has 3 aromatic rings. The minimum Gasteiger partial charge on any atom is -0.454 e. The van der Waals surface area contributed by atoms with Crippen LogP contribution in [0.5, 0.6) is 11.5 Å². The third-order valence-corrected chi connectivity index (χ3v) is 4.61. The van der Waals surface area contributed by atoms with Gasteiger partial charge in [0, 0.05) is 31.3 Å². The van der Waals surface area contributed by atoms with Gasteiger partial charge >= 0.3 is 0 Å². The topological polar surface area (TPSA) is 65.4 Å². The number of nitrogens with zero attached hydrogens (tertiary/aromatic N) is 2. The van der Waals surface area contributed by atoms with E-state index in [-0.39, 0.29) is 18.6 Å². The van der Waals surface area contributed by atoms with Crippen molar-refractivity contribution in [3.8, 4) is 11.5 Å². The van der Waals surface area contributed by atoms with Crippen molar-refractivity contribution in [1.29, 1.82) is 0 Å². The molecule has 0 spiro atoms. The van der Waals surface area contributed by atoms with E-state index in [0.29, 0.717) is 19.5 Å². The van der Waals surface area contributed by atoms with Crippen molar-refractivity contribution in [1.82, 2.24) is 15.1 Å². The fourth-order valence-corrected chi connectivity index (χ4v) is 3.24. The van der Waals surface area contributed by atoms with Gasteiger partial charge in [-0.3, -0.25) is 9.48 Å². The lowest BCUT2D eigenvalue weighted by molar-refractivity contribution is -0.121. The lowest BCUT2D eigenvalue weighted by atomic mass is 9.88. The first kappa shape index (κ1) is 17.1. The minimum absolute atomic E-state index is 0.00803. The summed E-state index contributed by atoms with van der Waals surface area (Å²) in [6.45, 7) is 1.44. The van der Waals surface area contributed by atoms with Crippen LogP contribution >= 0.6 is 0 Å². The summed E-state index contributed by atoms with van der Waals surface area (Å²) in [6.07, 6.45) is 3.97. The molecular formula is C21H21N3O3. The monoisotopic (exact) mass is 363 g/mol. The molecule has 27 heavy (non-hydrogen) atoms. The van der Waals surface area contributed by atoms with E-state index in [1.165, 1.54) is 0 Å². The Labute approximate surface area is 157 Å². The molecular weight excluding hydrogens is 342 g/mol. The van der Waals surface area contributed by atoms with Gasteiger partial charge in [0.15, 0.2) is 11.5 Å². The zero-order chi connectivity index (χ0) is 18.5. The van der Waals surface area contributed by atoms with Gasteiger partial charge in [0.1, 0.15) is 0 Å². The molecule has 2 aromatic carbocycles. The average Bonchev–Trinajstić information content (AvgIpc) is 3.38. The maximum atomic E-state index is 12.6. The summed E-state index contributed by atoms with van der Waals surface area (Å²) in [7, 11) is 0. The fourth-order valence-electron chi connectivity index (χ4n) is 3.24. The largest absolute Gasteiger partial charge is 0.454 e. The third kappa shape index (κ3) is 4.11. The molecule has 2 heterocycles. The van der Waals surface area contributed by atoms with E-state index in [1.54, 1.807) is 10.9 Å². The Morgan fingerprint density at radius 3 is 2.74 bits per heavy atom. The van der Waals surface area contributed by atoms with E-state index >= 15 is 0 Å². The molecule has 0 aliphatic carbocycles. The van der Waals surface area contributed by atoms with Crippen LogP contribution in [0.4, 0.5) is 0 Å². The number of ether oxygens (including phenoxy) is 2. The van der Waals surface area contributed by atoms with Gasteiger partial charge in [-0.2, -0.15) is 5.10 Å². The zero-order valence-electron chi connectivity index (χ0n) is 14.9. The van der Waals surface area contributed by atoms with Crippen LogP contribution in [0.2, 0.25) is 0 Å². The molecule has 1 atom stereocenters. The van der Waals surface area contributed by atoms with Crippen molar-refractivity contribution in [2.75, 3.05) is 13.3 Å². The van der Waals surface area contributed by atoms with Gasteiger partial charge in [0.25, 0.3) is 0 Å². The molecule has 0 saturated carbocycles. The normalized spacial score (nSPS) is 13.3. The molecule has 6 heteroatoms. The molecule has 0 bridgehead atoms. The number of rotatable bonds is 7. The van der Waals surface area contributed by atoms with Gasteiger partial charge < -0.3 is 14.8 Å². The van der Waals surface area contributed by atoms with Crippen LogP contribution in [0, 0.1) is 0 Å². The second-order valence-corrected chi connectivity index (χ2v) is 6.40. The quantitative estimate of drug-likeness (QED) is 0.701. The second kappa shape index (κ2) is 7.95. The minimum atomic E-state index is -0.0506. The predicted molar refractivity (Wildman–Crippen MR) is 101 cm³/mol. The molecule has 6 nitrogen and oxygen atoms in total. The standard InChI is InChI=1S/C21H21N3O3/c25-21(22-10-12-24-11-4-9-23-24)14-18(16-5-2-1-3-6-16)17-7-8-19-20(13-17)27-15-26-19/h1-9,11,13,18H,10,12,14-15H2,(H,22,25)/t18-/m0/s1. The van der Waals surface area contributed by atoms with E-state index < -0.39 is 0 Å². The number of carbonyl (C=O) groups excluding carboxylic acids is 1. The zero-order valence-corrected chi connectivity index (χ0v) is 14.9. The Bertz CT molecular complexity index is 894. The molecule has 1 N–H and O–H groups in total. The average molecular weight is 363 g/mol. The van der Waals surface area contributed by atoms with E-state index in [1.807, 2.05) is 60.8 Å². The molecule has 0 unspecified atom stereocenters. The van der Waals surface area contributed by atoms with Gasteiger partial charge in [-0.05, 0) is 29.3 Å². The number of hydrogen-bond acceptors (Lipinski definition) is 4. The summed E-state index contributed by atoms with van der Waals surface area (Å²) >= 11 is 0.